The summed E-state index contributed by atoms with van der Waals surface area (Å²) in [6.07, 6.45) is 1.38. The maximum atomic E-state index is 13.9. The third-order valence-corrected chi connectivity index (χ3v) is 8.50. The second-order valence-electron chi connectivity index (χ2n) is 9.61. The summed E-state index contributed by atoms with van der Waals surface area (Å²) in [6.45, 7) is 6.93. The predicted octanol–water partition coefficient (Wildman–Crippen LogP) is 5.67. The number of nitrogens with zero attached hydrogens (tertiary/aromatic N) is 2. The van der Waals surface area contributed by atoms with Crippen LogP contribution in [0.4, 0.5) is 5.69 Å². The third kappa shape index (κ3) is 5.26. The van der Waals surface area contributed by atoms with E-state index < -0.39 is 5.25 Å². The average molecular weight is 520 g/mol. The molecule has 0 unspecified atom stereocenters. The van der Waals surface area contributed by atoms with Gasteiger partial charge in [-0.1, -0.05) is 60.3 Å². The van der Waals surface area contributed by atoms with Gasteiger partial charge in [-0.2, -0.15) is 0 Å². The molecule has 0 fully saturated rings. The van der Waals surface area contributed by atoms with Gasteiger partial charge in [-0.15, -0.1) is 11.3 Å². The third-order valence-electron chi connectivity index (χ3n) is 6.32. The van der Waals surface area contributed by atoms with Gasteiger partial charge >= 0.3 is 0 Å². The Morgan fingerprint density at radius 1 is 1.17 bits per heavy atom. The summed E-state index contributed by atoms with van der Waals surface area (Å²) >= 11 is 2.85. The van der Waals surface area contributed by atoms with Crippen molar-refractivity contribution in [2.75, 3.05) is 5.32 Å². The highest BCUT2D eigenvalue weighted by Gasteiger charge is 2.31. The molecule has 1 atom stereocenters. The lowest BCUT2D eigenvalue weighted by Gasteiger charge is -2.30. The van der Waals surface area contributed by atoms with Gasteiger partial charge in [-0.05, 0) is 50.5 Å². The van der Waals surface area contributed by atoms with Crippen LogP contribution in [-0.4, -0.2) is 26.3 Å². The molecule has 2 aromatic carbocycles. The molecule has 3 heterocycles. The number of hydrogen-bond donors (Lipinski definition) is 1. The van der Waals surface area contributed by atoms with E-state index in [2.05, 4.69) is 31.3 Å². The van der Waals surface area contributed by atoms with Crippen LogP contribution >= 0.6 is 23.1 Å². The zero-order valence-electron chi connectivity index (χ0n) is 20.6. The summed E-state index contributed by atoms with van der Waals surface area (Å²) in [5, 5.41) is 3.78. The number of anilines is 1. The van der Waals surface area contributed by atoms with Crippen molar-refractivity contribution < 1.29 is 9.53 Å². The van der Waals surface area contributed by atoms with E-state index in [1.54, 1.807) is 4.57 Å². The van der Waals surface area contributed by atoms with Gasteiger partial charge in [-0.25, -0.2) is 4.98 Å². The number of aromatic nitrogens is 2. The second-order valence-corrected chi connectivity index (χ2v) is 12.0. The van der Waals surface area contributed by atoms with Crippen molar-refractivity contribution in [2.45, 2.75) is 62.8 Å². The lowest BCUT2D eigenvalue weighted by atomic mass is 9.94. The Bertz CT molecular complexity index is 1450. The quantitative estimate of drug-likeness (QED) is 0.252. The number of thioether (sulfide) groups is 1. The molecule has 0 bridgehead atoms. The van der Waals surface area contributed by atoms with Crippen molar-refractivity contribution >= 4 is 44.9 Å². The molecule has 186 valence electrons. The lowest BCUT2D eigenvalue weighted by Crippen LogP contribution is -2.32. The van der Waals surface area contributed by atoms with Crippen LogP contribution in [0.5, 0.6) is 0 Å². The largest absolute Gasteiger partial charge is 0.370 e. The number of benzene rings is 2. The first-order valence-electron chi connectivity index (χ1n) is 12.1. The minimum absolute atomic E-state index is 0.0377. The first kappa shape index (κ1) is 24.7. The van der Waals surface area contributed by atoms with Gasteiger partial charge in [0, 0.05) is 23.5 Å². The molecule has 8 heteroatoms. The monoisotopic (exact) mass is 519 g/mol. The Morgan fingerprint density at radius 2 is 1.86 bits per heavy atom. The van der Waals surface area contributed by atoms with E-state index in [1.165, 1.54) is 23.1 Å². The molecule has 4 aromatic rings. The van der Waals surface area contributed by atoms with Crippen molar-refractivity contribution in [2.24, 2.45) is 0 Å². The second kappa shape index (κ2) is 10.2. The molecule has 6 nitrogen and oxygen atoms in total. The van der Waals surface area contributed by atoms with Gasteiger partial charge in [-0.3, -0.25) is 14.2 Å². The molecule has 1 aliphatic rings. The molecule has 0 radical (unpaired) electrons. The number of rotatable bonds is 7. The first-order valence-corrected chi connectivity index (χ1v) is 13.8. The highest BCUT2D eigenvalue weighted by Crippen LogP contribution is 2.38. The molecule has 1 N–H and O–H groups in total. The number of thiophene rings is 1. The zero-order valence-corrected chi connectivity index (χ0v) is 22.2. The van der Waals surface area contributed by atoms with E-state index in [1.807, 2.05) is 55.5 Å². The Hall–Kier alpha value is -2.94. The van der Waals surface area contributed by atoms with Crippen LogP contribution in [0.1, 0.15) is 36.8 Å². The number of amides is 1. The van der Waals surface area contributed by atoms with Crippen LogP contribution in [0.2, 0.25) is 0 Å². The maximum Gasteiger partial charge on any atom is 0.263 e. The molecule has 1 amide bonds. The van der Waals surface area contributed by atoms with E-state index in [4.69, 9.17) is 9.72 Å². The van der Waals surface area contributed by atoms with E-state index in [0.717, 1.165) is 26.5 Å². The number of carbonyl (C=O) groups excluding carboxylic acids is 1. The summed E-state index contributed by atoms with van der Waals surface area (Å²) in [6, 6.07) is 19.5. The van der Waals surface area contributed by atoms with Crippen LogP contribution in [0.25, 0.3) is 10.2 Å². The lowest BCUT2D eigenvalue weighted by molar-refractivity contribution is -0.115. The predicted molar refractivity (Wildman–Crippen MR) is 147 cm³/mol. The van der Waals surface area contributed by atoms with Crippen LogP contribution in [0, 0.1) is 0 Å². The van der Waals surface area contributed by atoms with E-state index in [-0.39, 0.29) is 17.1 Å². The highest BCUT2D eigenvalue weighted by molar-refractivity contribution is 8.00. The molecular weight excluding hydrogens is 490 g/mol. The summed E-state index contributed by atoms with van der Waals surface area (Å²) in [5.41, 5.74) is 2.60. The Morgan fingerprint density at radius 3 is 2.58 bits per heavy atom. The fraction of sp³-hybridized carbons (Fsp3) is 0.321. The molecule has 0 saturated carbocycles. The maximum absolute atomic E-state index is 13.9. The minimum atomic E-state index is -0.436. The molecule has 0 aliphatic carbocycles. The van der Waals surface area contributed by atoms with Gasteiger partial charge in [0.2, 0.25) is 5.91 Å². The van der Waals surface area contributed by atoms with E-state index >= 15 is 0 Å². The normalized spacial score (nSPS) is 15.4. The number of aryl methyl sites for hydroxylation is 1. The summed E-state index contributed by atoms with van der Waals surface area (Å²) in [7, 11) is 0. The van der Waals surface area contributed by atoms with Crippen LogP contribution in [0.15, 0.2) is 70.6 Å². The van der Waals surface area contributed by atoms with Crippen LogP contribution in [-0.2, 0) is 35.5 Å². The fourth-order valence-electron chi connectivity index (χ4n) is 4.36. The van der Waals surface area contributed by atoms with E-state index in [0.29, 0.717) is 36.5 Å². The standard InChI is InChI=1S/C28H29N3O3S2/c1-18(24(32)29-20-12-8-5-9-13-20)35-27-30-25-23(21-16-28(2,3)34-17-22(21)36-25)26(33)31(27)15-14-19-10-6-4-7-11-19/h4-13,18H,14-17H2,1-3H3,(H,29,32)/t18-/m0/s1. The highest BCUT2D eigenvalue weighted by atomic mass is 32.2. The smallest absolute Gasteiger partial charge is 0.263 e. The number of hydrogen-bond acceptors (Lipinski definition) is 6. The van der Waals surface area contributed by atoms with Crippen LogP contribution < -0.4 is 10.9 Å². The van der Waals surface area contributed by atoms with Crippen molar-refractivity contribution in [3.05, 3.63) is 87.0 Å². The summed E-state index contributed by atoms with van der Waals surface area (Å²) < 4.78 is 7.75. The van der Waals surface area contributed by atoms with E-state index in [9.17, 15) is 9.59 Å². The number of para-hydroxylation sites is 1. The number of fused-ring (bicyclic) bond motifs is 3. The van der Waals surface area contributed by atoms with Gasteiger partial charge in [0.1, 0.15) is 4.83 Å². The Balaban J connectivity index is 1.50. The Labute approximate surface area is 218 Å². The molecule has 5 rings (SSSR count). The molecule has 2 aromatic heterocycles. The summed E-state index contributed by atoms with van der Waals surface area (Å²) in [4.78, 5) is 33.6. The van der Waals surface area contributed by atoms with Gasteiger partial charge in [0.15, 0.2) is 5.16 Å². The molecule has 0 saturated heterocycles. The zero-order chi connectivity index (χ0) is 25.3. The number of nitrogens with one attached hydrogen (secondary N) is 1. The SMILES string of the molecule is C[C@H](Sc1nc2sc3c(c2c(=O)n1CCc1ccccc1)CC(C)(C)OC3)C(=O)Nc1ccccc1. The van der Waals surface area contributed by atoms with Crippen molar-refractivity contribution in [3.63, 3.8) is 0 Å². The fourth-order valence-corrected chi connectivity index (χ4v) is 6.44. The van der Waals surface area contributed by atoms with Crippen molar-refractivity contribution in [1.82, 2.24) is 9.55 Å². The number of ether oxygens (including phenoxy) is 1. The molecule has 1 aliphatic heterocycles. The number of carbonyl (C=O) groups is 1. The topological polar surface area (TPSA) is 73.2 Å². The molecule has 36 heavy (non-hydrogen) atoms. The first-order chi connectivity index (χ1) is 17.3. The molecule has 0 spiro atoms. The van der Waals surface area contributed by atoms with Gasteiger partial charge in [0.25, 0.3) is 5.56 Å². The van der Waals surface area contributed by atoms with Crippen molar-refractivity contribution in [3.8, 4) is 0 Å². The van der Waals surface area contributed by atoms with Gasteiger partial charge < -0.3 is 10.1 Å². The summed E-state index contributed by atoms with van der Waals surface area (Å²) in [5.74, 6) is -0.129. The van der Waals surface area contributed by atoms with Gasteiger partial charge in [0.05, 0.1) is 22.8 Å². The van der Waals surface area contributed by atoms with Crippen LogP contribution in [0.3, 0.4) is 0 Å². The molecular formula is C28H29N3O3S2. The average Bonchev–Trinajstić information content (AvgIpc) is 3.21. The van der Waals surface area contributed by atoms with Crippen molar-refractivity contribution in [1.29, 1.82) is 0 Å². The minimum Gasteiger partial charge on any atom is -0.370 e. The Kier molecular flexibility index (Phi) is 7.01.